The van der Waals surface area contributed by atoms with Gasteiger partial charge in [0.25, 0.3) is 5.91 Å². The predicted octanol–water partition coefficient (Wildman–Crippen LogP) is 4.74. The van der Waals surface area contributed by atoms with Crippen LogP contribution in [0, 0.1) is 0 Å². The lowest BCUT2D eigenvalue weighted by Crippen LogP contribution is -2.38. The minimum atomic E-state index is -3.78. The van der Waals surface area contributed by atoms with Gasteiger partial charge in [-0.2, -0.15) is 0 Å². The number of rotatable bonds is 8. The van der Waals surface area contributed by atoms with Gasteiger partial charge in [-0.1, -0.05) is 78.9 Å². The van der Waals surface area contributed by atoms with Crippen molar-refractivity contribution in [3.63, 3.8) is 0 Å². The summed E-state index contributed by atoms with van der Waals surface area (Å²) in [7, 11) is -3.78. The summed E-state index contributed by atoms with van der Waals surface area (Å²) in [5.74, 6) is -0.916. The number of para-hydroxylation sites is 1. The molecule has 0 fully saturated rings. The first kappa shape index (κ1) is 24.9. The topological polar surface area (TPSA) is 95.6 Å². The number of anilines is 2. The average molecular weight is 502 g/mol. The van der Waals surface area contributed by atoms with Crippen molar-refractivity contribution in [2.45, 2.75) is 13.0 Å². The fourth-order valence-corrected chi connectivity index (χ4v) is 4.88. The SMILES string of the molecule is C[C@H](NC(=O)c1ccccc1NC(=O)CN(c1cccc2ccccc12)S(C)(=O)=O)c1ccccc1. The van der Waals surface area contributed by atoms with Gasteiger partial charge in [0.05, 0.1) is 29.2 Å². The molecule has 0 aromatic heterocycles. The first-order chi connectivity index (χ1) is 17.2. The average Bonchev–Trinajstić information content (AvgIpc) is 2.87. The summed E-state index contributed by atoms with van der Waals surface area (Å²) in [6.45, 7) is 1.44. The summed E-state index contributed by atoms with van der Waals surface area (Å²) < 4.78 is 26.4. The number of carbonyl (C=O) groups excluding carboxylic acids is 2. The molecule has 0 saturated heterocycles. The minimum Gasteiger partial charge on any atom is -0.345 e. The summed E-state index contributed by atoms with van der Waals surface area (Å²) in [5, 5.41) is 7.24. The third-order valence-corrected chi connectivity index (χ3v) is 6.94. The van der Waals surface area contributed by atoms with Gasteiger partial charge in [-0.15, -0.1) is 0 Å². The molecule has 4 aromatic rings. The molecule has 0 aliphatic carbocycles. The van der Waals surface area contributed by atoms with E-state index in [9.17, 15) is 18.0 Å². The zero-order chi connectivity index (χ0) is 25.7. The number of amides is 2. The lowest BCUT2D eigenvalue weighted by molar-refractivity contribution is -0.114. The van der Waals surface area contributed by atoms with Crippen molar-refractivity contribution in [2.24, 2.45) is 0 Å². The van der Waals surface area contributed by atoms with Crippen LogP contribution in [0.5, 0.6) is 0 Å². The summed E-state index contributed by atoms with van der Waals surface area (Å²) in [6.07, 6.45) is 1.06. The second kappa shape index (κ2) is 10.6. The van der Waals surface area contributed by atoms with Crippen molar-refractivity contribution in [3.8, 4) is 0 Å². The van der Waals surface area contributed by atoms with Crippen molar-refractivity contribution < 1.29 is 18.0 Å². The van der Waals surface area contributed by atoms with Crippen LogP contribution in [0.15, 0.2) is 97.1 Å². The molecule has 2 amide bonds. The maximum absolute atomic E-state index is 13.0. The summed E-state index contributed by atoms with van der Waals surface area (Å²) in [5.41, 5.74) is 1.94. The molecule has 36 heavy (non-hydrogen) atoms. The third kappa shape index (κ3) is 5.72. The molecule has 8 heteroatoms. The predicted molar refractivity (Wildman–Crippen MR) is 144 cm³/mol. The molecular weight excluding hydrogens is 474 g/mol. The zero-order valence-corrected chi connectivity index (χ0v) is 20.8. The van der Waals surface area contributed by atoms with Gasteiger partial charge in [0.1, 0.15) is 6.54 Å². The van der Waals surface area contributed by atoms with Gasteiger partial charge in [-0.25, -0.2) is 8.42 Å². The first-order valence-corrected chi connectivity index (χ1v) is 13.3. The van der Waals surface area contributed by atoms with E-state index in [-0.39, 0.29) is 17.5 Å². The molecular formula is C28H27N3O4S. The van der Waals surface area contributed by atoms with Crippen LogP contribution >= 0.6 is 0 Å². The van der Waals surface area contributed by atoms with Gasteiger partial charge in [0.2, 0.25) is 15.9 Å². The van der Waals surface area contributed by atoms with Crippen LogP contribution in [0.2, 0.25) is 0 Å². The number of hydrogen-bond donors (Lipinski definition) is 2. The maximum Gasteiger partial charge on any atom is 0.253 e. The summed E-state index contributed by atoms with van der Waals surface area (Å²) in [4.78, 5) is 26.1. The standard InChI is InChI=1S/C28H27N3O4S/c1-20(21-11-4-3-5-12-21)29-28(33)24-16-8-9-17-25(24)30-27(32)19-31(36(2,34)35)26-18-10-14-22-13-6-7-15-23(22)26/h3-18,20H,19H2,1-2H3,(H,29,33)(H,30,32)/t20-/m0/s1. The van der Waals surface area contributed by atoms with Crippen molar-refractivity contribution >= 4 is 44.0 Å². The molecule has 4 aromatic carbocycles. The molecule has 0 radical (unpaired) electrons. The van der Waals surface area contributed by atoms with Crippen LogP contribution in [-0.2, 0) is 14.8 Å². The molecule has 1 atom stereocenters. The molecule has 7 nitrogen and oxygen atoms in total. The number of hydrogen-bond acceptors (Lipinski definition) is 4. The van der Waals surface area contributed by atoms with Crippen LogP contribution in [-0.4, -0.2) is 33.0 Å². The normalized spacial score (nSPS) is 12.1. The molecule has 0 bridgehead atoms. The van der Waals surface area contributed by atoms with E-state index in [4.69, 9.17) is 0 Å². The smallest absolute Gasteiger partial charge is 0.253 e. The van der Waals surface area contributed by atoms with Gasteiger partial charge in [0, 0.05) is 5.39 Å². The van der Waals surface area contributed by atoms with E-state index < -0.39 is 22.5 Å². The van der Waals surface area contributed by atoms with E-state index in [1.54, 1.807) is 36.4 Å². The Hall–Kier alpha value is -4.17. The molecule has 0 unspecified atom stereocenters. The van der Waals surface area contributed by atoms with Gasteiger partial charge < -0.3 is 10.6 Å². The summed E-state index contributed by atoms with van der Waals surface area (Å²) in [6, 6.07) is 28.6. The van der Waals surface area contributed by atoms with E-state index in [2.05, 4.69) is 10.6 Å². The molecule has 0 spiro atoms. The zero-order valence-electron chi connectivity index (χ0n) is 20.0. The van der Waals surface area contributed by atoms with Crippen LogP contribution in [0.1, 0.15) is 28.9 Å². The van der Waals surface area contributed by atoms with Crippen LogP contribution < -0.4 is 14.9 Å². The van der Waals surface area contributed by atoms with E-state index in [1.807, 2.05) is 67.6 Å². The Bertz CT molecular complexity index is 1500. The van der Waals surface area contributed by atoms with E-state index >= 15 is 0 Å². The minimum absolute atomic E-state index is 0.241. The Morgan fingerprint density at radius 1 is 0.833 bits per heavy atom. The fraction of sp³-hybridized carbons (Fsp3) is 0.143. The second-order valence-electron chi connectivity index (χ2n) is 8.47. The molecule has 0 aliphatic heterocycles. The molecule has 0 saturated carbocycles. The highest BCUT2D eigenvalue weighted by Crippen LogP contribution is 2.28. The third-order valence-electron chi connectivity index (χ3n) is 5.82. The van der Waals surface area contributed by atoms with Crippen molar-refractivity contribution in [1.29, 1.82) is 0 Å². The lowest BCUT2D eigenvalue weighted by atomic mass is 10.1. The quantitative estimate of drug-likeness (QED) is 0.365. The Morgan fingerprint density at radius 3 is 2.22 bits per heavy atom. The largest absolute Gasteiger partial charge is 0.345 e. The molecule has 0 heterocycles. The van der Waals surface area contributed by atoms with Gasteiger partial charge in [0.15, 0.2) is 0 Å². The lowest BCUT2D eigenvalue weighted by Gasteiger charge is -2.24. The van der Waals surface area contributed by atoms with E-state index in [1.165, 1.54) is 0 Å². The van der Waals surface area contributed by atoms with Gasteiger partial charge in [-0.05, 0) is 36.1 Å². The number of nitrogens with one attached hydrogen (secondary N) is 2. The molecule has 184 valence electrons. The Labute approximate surface area is 210 Å². The van der Waals surface area contributed by atoms with Crippen LogP contribution in [0.25, 0.3) is 10.8 Å². The number of sulfonamides is 1. The van der Waals surface area contributed by atoms with Crippen molar-refractivity contribution in [2.75, 3.05) is 22.4 Å². The van der Waals surface area contributed by atoms with Crippen molar-refractivity contribution in [3.05, 3.63) is 108 Å². The summed E-state index contributed by atoms with van der Waals surface area (Å²) >= 11 is 0. The van der Waals surface area contributed by atoms with Crippen LogP contribution in [0.3, 0.4) is 0 Å². The second-order valence-corrected chi connectivity index (χ2v) is 10.4. The Morgan fingerprint density at radius 2 is 1.47 bits per heavy atom. The van der Waals surface area contributed by atoms with Crippen LogP contribution in [0.4, 0.5) is 11.4 Å². The highest BCUT2D eigenvalue weighted by atomic mass is 32.2. The number of nitrogens with zero attached hydrogens (tertiary/aromatic N) is 1. The molecule has 0 aliphatic rings. The highest BCUT2D eigenvalue weighted by molar-refractivity contribution is 7.92. The maximum atomic E-state index is 13.0. The monoisotopic (exact) mass is 501 g/mol. The van der Waals surface area contributed by atoms with E-state index in [0.717, 1.165) is 21.5 Å². The number of fused-ring (bicyclic) bond motifs is 1. The Balaban J connectivity index is 1.55. The van der Waals surface area contributed by atoms with E-state index in [0.29, 0.717) is 16.8 Å². The van der Waals surface area contributed by atoms with Crippen molar-refractivity contribution in [1.82, 2.24) is 5.32 Å². The molecule has 2 N–H and O–H groups in total. The number of carbonyl (C=O) groups is 2. The molecule has 4 rings (SSSR count). The highest BCUT2D eigenvalue weighted by Gasteiger charge is 2.24. The fourth-order valence-electron chi connectivity index (χ4n) is 4.02. The van der Waals surface area contributed by atoms with Gasteiger partial charge in [-0.3, -0.25) is 13.9 Å². The van der Waals surface area contributed by atoms with Gasteiger partial charge >= 0.3 is 0 Å². The number of benzene rings is 4. The Kier molecular flexibility index (Phi) is 7.36. The first-order valence-electron chi connectivity index (χ1n) is 11.4.